The zero-order valence-corrected chi connectivity index (χ0v) is 5.92. The van der Waals surface area contributed by atoms with Crippen molar-refractivity contribution in [2.24, 2.45) is 0 Å². The van der Waals surface area contributed by atoms with E-state index >= 15 is 0 Å². The lowest BCUT2D eigenvalue weighted by molar-refractivity contribution is 0.112. The molecule has 0 fully saturated rings. The van der Waals surface area contributed by atoms with Gasteiger partial charge in [-0.2, -0.15) is 0 Å². The first kappa shape index (κ1) is 6.15. The van der Waals surface area contributed by atoms with Crippen molar-refractivity contribution in [3.05, 3.63) is 17.5 Å². The predicted molar refractivity (Wildman–Crippen MR) is 38.5 cm³/mol. The SMILES string of the molecule is Cc1noc2c(C=O)c[nH]c12. The molecule has 0 aliphatic carbocycles. The van der Waals surface area contributed by atoms with Crippen molar-refractivity contribution in [1.29, 1.82) is 0 Å². The fraction of sp³-hybridized carbons (Fsp3) is 0.143. The van der Waals surface area contributed by atoms with Gasteiger partial charge in [-0.25, -0.2) is 0 Å². The van der Waals surface area contributed by atoms with Gasteiger partial charge in [0.1, 0.15) is 11.2 Å². The number of aromatic amines is 1. The van der Waals surface area contributed by atoms with Crippen LogP contribution in [0.3, 0.4) is 0 Å². The molecular formula is C7H6N2O2. The highest BCUT2D eigenvalue weighted by atomic mass is 16.5. The summed E-state index contributed by atoms with van der Waals surface area (Å²) < 4.78 is 4.90. The van der Waals surface area contributed by atoms with E-state index in [1.807, 2.05) is 6.92 Å². The summed E-state index contributed by atoms with van der Waals surface area (Å²) in [4.78, 5) is 13.3. The fourth-order valence-corrected chi connectivity index (χ4v) is 1.04. The number of hydrogen-bond donors (Lipinski definition) is 1. The number of carbonyl (C=O) groups excluding carboxylic acids is 1. The van der Waals surface area contributed by atoms with Crippen LogP contribution in [0.4, 0.5) is 0 Å². The van der Waals surface area contributed by atoms with Crippen LogP contribution in [0, 0.1) is 6.92 Å². The highest BCUT2D eigenvalue weighted by Crippen LogP contribution is 2.18. The summed E-state index contributed by atoms with van der Waals surface area (Å²) in [6.07, 6.45) is 2.35. The Balaban J connectivity index is 2.87. The molecule has 0 bridgehead atoms. The van der Waals surface area contributed by atoms with Gasteiger partial charge in [0.25, 0.3) is 0 Å². The van der Waals surface area contributed by atoms with E-state index in [1.54, 1.807) is 6.20 Å². The number of aldehydes is 1. The first-order chi connectivity index (χ1) is 5.33. The molecule has 0 aliphatic heterocycles. The zero-order chi connectivity index (χ0) is 7.84. The number of rotatable bonds is 1. The first-order valence-electron chi connectivity index (χ1n) is 3.21. The Hall–Kier alpha value is -1.58. The van der Waals surface area contributed by atoms with E-state index in [-0.39, 0.29) is 0 Å². The Bertz CT molecular complexity index is 399. The van der Waals surface area contributed by atoms with Crippen LogP contribution < -0.4 is 0 Å². The Morgan fingerprint density at radius 1 is 1.73 bits per heavy atom. The van der Waals surface area contributed by atoms with Gasteiger partial charge in [-0.05, 0) is 6.92 Å². The number of nitrogens with one attached hydrogen (secondary N) is 1. The minimum Gasteiger partial charge on any atom is -0.356 e. The topological polar surface area (TPSA) is 58.9 Å². The van der Waals surface area contributed by atoms with Gasteiger partial charge in [-0.15, -0.1) is 0 Å². The molecule has 4 heteroatoms. The average Bonchev–Trinajstić information content (AvgIpc) is 2.53. The van der Waals surface area contributed by atoms with Crippen molar-refractivity contribution in [3.63, 3.8) is 0 Å². The summed E-state index contributed by atoms with van der Waals surface area (Å²) >= 11 is 0. The van der Waals surface area contributed by atoms with E-state index in [2.05, 4.69) is 10.1 Å². The number of H-pyrrole nitrogens is 1. The number of fused-ring (bicyclic) bond motifs is 1. The third kappa shape index (κ3) is 0.690. The second-order valence-corrected chi connectivity index (χ2v) is 2.33. The van der Waals surface area contributed by atoms with E-state index in [0.29, 0.717) is 11.1 Å². The molecule has 11 heavy (non-hydrogen) atoms. The summed E-state index contributed by atoms with van der Waals surface area (Å²) in [5, 5.41) is 3.70. The van der Waals surface area contributed by atoms with Gasteiger partial charge in [0.2, 0.25) is 0 Å². The van der Waals surface area contributed by atoms with Gasteiger partial charge < -0.3 is 9.51 Å². The van der Waals surface area contributed by atoms with Crippen LogP contribution >= 0.6 is 0 Å². The second-order valence-electron chi connectivity index (χ2n) is 2.33. The maximum atomic E-state index is 10.4. The molecule has 0 saturated heterocycles. The molecule has 0 saturated carbocycles. The zero-order valence-electron chi connectivity index (χ0n) is 5.92. The van der Waals surface area contributed by atoms with Gasteiger partial charge >= 0.3 is 0 Å². The summed E-state index contributed by atoms with van der Waals surface area (Å²) in [6, 6.07) is 0. The van der Waals surface area contributed by atoms with Gasteiger partial charge in [-0.1, -0.05) is 5.16 Å². The molecule has 2 aromatic heterocycles. The first-order valence-corrected chi connectivity index (χ1v) is 3.21. The number of aromatic nitrogens is 2. The van der Waals surface area contributed by atoms with Gasteiger partial charge in [0.05, 0.1) is 5.56 Å². The molecule has 0 atom stereocenters. The van der Waals surface area contributed by atoms with Crippen LogP contribution in [0.25, 0.3) is 11.1 Å². The van der Waals surface area contributed by atoms with Crippen molar-refractivity contribution in [2.75, 3.05) is 0 Å². The Kier molecular flexibility index (Phi) is 1.09. The lowest BCUT2D eigenvalue weighted by Crippen LogP contribution is -1.70. The van der Waals surface area contributed by atoms with E-state index < -0.39 is 0 Å². The summed E-state index contributed by atoms with van der Waals surface area (Å²) in [5.74, 6) is 0. The van der Waals surface area contributed by atoms with Crippen LogP contribution in [-0.4, -0.2) is 16.4 Å². The van der Waals surface area contributed by atoms with Gasteiger partial charge in [0, 0.05) is 6.20 Å². The largest absolute Gasteiger partial charge is 0.356 e. The van der Waals surface area contributed by atoms with Crippen molar-refractivity contribution < 1.29 is 9.32 Å². The molecule has 0 spiro atoms. The molecule has 2 heterocycles. The van der Waals surface area contributed by atoms with Crippen LogP contribution in [0.5, 0.6) is 0 Å². The normalized spacial score (nSPS) is 10.6. The second kappa shape index (κ2) is 1.95. The van der Waals surface area contributed by atoms with Crippen LogP contribution in [0.2, 0.25) is 0 Å². The van der Waals surface area contributed by atoms with Crippen molar-refractivity contribution in [1.82, 2.24) is 10.1 Å². The fourth-order valence-electron chi connectivity index (χ4n) is 1.04. The third-order valence-electron chi connectivity index (χ3n) is 1.62. The minimum atomic E-state index is 0.514. The maximum absolute atomic E-state index is 10.4. The minimum absolute atomic E-state index is 0.514. The third-order valence-corrected chi connectivity index (χ3v) is 1.62. The van der Waals surface area contributed by atoms with Crippen molar-refractivity contribution in [3.8, 4) is 0 Å². The molecular weight excluding hydrogens is 144 g/mol. The number of aryl methyl sites for hydroxylation is 1. The quantitative estimate of drug-likeness (QED) is 0.623. The molecule has 0 amide bonds. The Morgan fingerprint density at radius 3 is 3.27 bits per heavy atom. The van der Waals surface area contributed by atoms with E-state index in [4.69, 9.17) is 4.52 Å². The molecule has 0 aliphatic rings. The monoisotopic (exact) mass is 150 g/mol. The Labute approximate surface area is 62.2 Å². The van der Waals surface area contributed by atoms with Crippen molar-refractivity contribution in [2.45, 2.75) is 6.92 Å². The molecule has 2 rings (SSSR count). The van der Waals surface area contributed by atoms with Crippen LogP contribution in [0.1, 0.15) is 16.1 Å². The number of nitrogens with zero attached hydrogens (tertiary/aromatic N) is 1. The standard InChI is InChI=1S/C7H6N2O2/c1-4-6-7(11-9-4)5(3-10)2-8-6/h2-3,8H,1H3. The smallest absolute Gasteiger partial charge is 0.195 e. The molecule has 2 aromatic rings. The summed E-state index contributed by atoms with van der Waals surface area (Å²) in [7, 11) is 0. The van der Waals surface area contributed by atoms with Crippen LogP contribution in [0.15, 0.2) is 10.7 Å². The Morgan fingerprint density at radius 2 is 2.55 bits per heavy atom. The lowest BCUT2D eigenvalue weighted by atomic mass is 10.3. The van der Waals surface area contributed by atoms with E-state index in [0.717, 1.165) is 17.5 Å². The van der Waals surface area contributed by atoms with E-state index in [1.165, 1.54) is 0 Å². The molecule has 0 aromatic carbocycles. The highest BCUT2D eigenvalue weighted by Gasteiger charge is 2.09. The van der Waals surface area contributed by atoms with E-state index in [9.17, 15) is 4.79 Å². The van der Waals surface area contributed by atoms with Gasteiger partial charge in [0.15, 0.2) is 11.9 Å². The number of carbonyl (C=O) groups is 1. The molecule has 4 nitrogen and oxygen atoms in total. The van der Waals surface area contributed by atoms with Crippen molar-refractivity contribution >= 4 is 17.4 Å². The molecule has 0 radical (unpaired) electrons. The molecule has 1 N–H and O–H groups in total. The molecule has 56 valence electrons. The summed E-state index contributed by atoms with van der Waals surface area (Å²) in [6.45, 7) is 1.82. The maximum Gasteiger partial charge on any atom is 0.195 e. The summed E-state index contributed by atoms with van der Waals surface area (Å²) in [5.41, 5.74) is 2.62. The van der Waals surface area contributed by atoms with Crippen LogP contribution in [-0.2, 0) is 0 Å². The predicted octanol–water partition coefficient (Wildman–Crippen LogP) is 1.28. The lowest BCUT2D eigenvalue weighted by Gasteiger charge is -1.73. The average molecular weight is 150 g/mol. The van der Waals surface area contributed by atoms with Gasteiger partial charge in [-0.3, -0.25) is 4.79 Å². The number of hydrogen-bond acceptors (Lipinski definition) is 3. The molecule has 0 unspecified atom stereocenters. The highest BCUT2D eigenvalue weighted by molar-refractivity contribution is 5.94.